The molecule has 0 radical (unpaired) electrons. The number of rotatable bonds is 3. The van der Waals surface area contributed by atoms with E-state index in [9.17, 15) is 14.0 Å². The zero-order valence-corrected chi connectivity index (χ0v) is 15.4. The number of hydrogen-bond acceptors (Lipinski definition) is 3. The van der Waals surface area contributed by atoms with Gasteiger partial charge in [-0.3, -0.25) is 9.59 Å². The van der Waals surface area contributed by atoms with E-state index in [1.165, 1.54) is 23.5 Å². The number of carbonyl (C=O) groups is 2. The average molecular weight is 411 g/mol. The minimum absolute atomic E-state index is 0.0756. The summed E-state index contributed by atoms with van der Waals surface area (Å²) in [5.74, 6) is -1.25. The van der Waals surface area contributed by atoms with Crippen LogP contribution >= 0.6 is 27.3 Å². The van der Waals surface area contributed by atoms with Crippen LogP contribution in [0.15, 0.2) is 22.7 Å². The van der Waals surface area contributed by atoms with Crippen LogP contribution in [0.3, 0.4) is 0 Å². The van der Waals surface area contributed by atoms with Crippen molar-refractivity contribution in [2.75, 3.05) is 5.32 Å². The van der Waals surface area contributed by atoms with E-state index in [0.717, 1.165) is 29.7 Å². The standard InChI is InChI=1S/C17H16BrFN2O2S/c1-8-2-4-11-13(6-8)24-17(14(11)15(20)22)21-16(23)10-5-3-9(18)7-12(10)19/h3,5,7-8H,2,4,6H2,1H3,(H2,20,22)(H,21,23)/t8-/m0/s1. The number of carbonyl (C=O) groups excluding carboxylic acids is 2. The quantitative estimate of drug-likeness (QED) is 0.798. The van der Waals surface area contributed by atoms with Crippen molar-refractivity contribution in [2.45, 2.75) is 26.2 Å². The van der Waals surface area contributed by atoms with Crippen molar-refractivity contribution in [2.24, 2.45) is 11.7 Å². The largest absolute Gasteiger partial charge is 0.365 e. The number of benzene rings is 1. The number of primary amides is 1. The van der Waals surface area contributed by atoms with Crippen molar-refractivity contribution in [3.63, 3.8) is 0 Å². The Hall–Kier alpha value is -1.73. The van der Waals surface area contributed by atoms with E-state index in [2.05, 4.69) is 28.2 Å². The Morgan fingerprint density at radius 2 is 2.17 bits per heavy atom. The van der Waals surface area contributed by atoms with Crippen LogP contribution < -0.4 is 11.1 Å². The van der Waals surface area contributed by atoms with Gasteiger partial charge < -0.3 is 11.1 Å². The van der Waals surface area contributed by atoms with Crippen molar-refractivity contribution < 1.29 is 14.0 Å². The molecular formula is C17H16BrFN2O2S. The summed E-state index contributed by atoms with van der Waals surface area (Å²) in [5, 5.41) is 3.07. The topological polar surface area (TPSA) is 72.2 Å². The lowest BCUT2D eigenvalue weighted by Crippen LogP contribution is -2.19. The normalized spacial score (nSPS) is 16.5. The second-order valence-electron chi connectivity index (χ2n) is 6.00. The van der Waals surface area contributed by atoms with Crippen molar-refractivity contribution in [1.82, 2.24) is 0 Å². The maximum absolute atomic E-state index is 14.0. The van der Waals surface area contributed by atoms with Crippen LogP contribution in [0, 0.1) is 11.7 Å². The van der Waals surface area contributed by atoms with E-state index in [1.807, 2.05) is 0 Å². The van der Waals surface area contributed by atoms with Gasteiger partial charge in [-0.25, -0.2) is 4.39 Å². The van der Waals surface area contributed by atoms with Crippen molar-refractivity contribution in [3.05, 3.63) is 50.1 Å². The van der Waals surface area contributed by atoms with Gasteiger partial charge in [0.15, 0.2) is 0 Å². The van der Waals surface area contributed by atoms with Gasteiger partial charge in [0.25, 0.3) is 11.8 Å². The van der Waals surface area contributed by atoms with E-state index in [1.54, 1.807) is 6.07 Å². The lowest BCUT2D eigenvalue weighted by molar-refractivity contribution is 0.1000. The van der Waals surface area contributed by atoms with Gasteiger partial charge in [-0.2, -0.15) is 0 Å². The van der Waals surface area contributed by atoms with Gasteiger partial charge >= 0.3 is 0 Å². The maximum atomic E-state index is 14.0. The molecular weight excluding hydrogens is 395 g/mol. The lowest BCUT2D eigenvalue weighted by Gasteiger charge is -2.18. The molecule has 126 valence electrons. The predicted molar refractivity (Wildman–Crippen MR) is 96.1 cm³/mol. The van der Waals surface area contributed by atoms with Crippen LogP contribution in [0.5, 0.6) is 0 Å². The summed E-state index contributed by atoms with van der Waals surface area (Å²) in [6.45, 7) is 2.15. The van der Waals surface area contributed by atoms with E-state index >= 15 is 0 Å². The Kier molecular flexibility index (Phi) is 4.73. The summed E-state index contributed by atoms with van der Waals surface area (Å²) in [4.78, 5) is 25.3. The molecule has 0 saturated heterocycles. The van der Waals surface area contributed by atoms with E-state index in [0.29, 0.717) is 21.0 Å². The Bertz CT molecular complexity index is 834. The van der Waals surface area contributed by atoms with E-state index < -0.39 is 17.6 Å². The minimum Gasteiger partial charge on any atom is -0.365 e. The summed E-state index contributed by atoms with van der Waals surface area (Å²) in [5.41, 5.74) is 6.74. The summed E-state index contributed by atoms with van der Waals surface area (Å²) < 4.78 is 14.5. The molecule has 2 aromatic rings. The Balaban J connectivity index is 1.95. The number of halogens is 2. The first-order valence-corrected chi connectivity index (χ1v) is 9.18. The molecule has 2 amide bonds. The predicted octanol–water partition coefficient (Wildman–Crippen LogP) is 4.13. The molecule has 0 spiro atoms. The Labute approximate surface area is 151 Å². The van der Waals surface area contributed by atoms with Gasteiger partial charge in [-0.05, 0) is 48.9 Å². The smallest absolute Gasteiger partial charge is 0.259 e. The van der Waals surface area contributed by atoms with Crippen LogP contribution in [0.4, 0.5) is 9.39 Å². The number of hydrogen-bond donors (Lipinski definition) is 2. The minimum atomic E-state index is -0.627. The summed E-state index contributed by atoms with van der Waals surface area (Å²) in [6.07, 6.45) is 2.62. The molecule has 1 aromatic heterocycles. The van der Waals surface area contributed by atoms with Gasteiger partial charge in [0, 0.05) is 9.35 Å². The molecule has 0 saturated carbocycles. The van der Waals surface area contributed by atoms with E-state index in [4.69, 9.17) is 5.73 Å². The first kappa shape index (κ1) is 17.1. The SMILES string of the molecule is C[C@H]1CCc2c(sc(NC(=O)c3ccc(Br)cc3F)c2C(N)=O)C1. The van der Waals surface area contributed by atoms with Crippen LogP contribution in [-0.2, 0) is 12.8 Å². The summed E-state index contributed by atoms with van der Waals surface area (Å²) in [7, 11) is 0. The number of nitrogens with two attached hydrogens (primary N) is 1. The molecule has 0 bridgehead atoms. The first-order valence-electron chi connectivity index (χ1n) is 7.57. The third-order valence-electron chi connectivity index (χ3n) is 4.16. The van der Waals surface area contributed by atoms with Crippen LogP contribution in [-0.4, -0.2) is 11.8 Å². The van der Waals surface area contributed by atoms with Crippen molar-refractivity contribution in [1.29, 1.82) is 0 Å². The molecule has 7 heteroatoms. The molecule has 0 aliphatic heterocycles. The molecule has 24 heavy (non-hydrogen) atoms. The third-order valence-corrected chi connectivity index (χ3v) is 5.82. The highest BCUT2D eigenvalue weighted by atomic mass is 79.9. The summed E-state index contributed by atoms with van der Waals surface area (Å²) in [6, 6.07) is 4.22. The number of anilines is 1. The molecule has 3 rings (SSSR count). The van der Waals surface area contributed by atoms with E-state index in [-0.39, 0.29) is 5.56 Å². The Morgan fingerprint density at radius 1 is 1.42 bits per heavy atom. The van der Waals surface area contributed by atoms with Crippen LogP contribution in [0.1, 0.15) is 44.5 Å². The van der Waals surface area contributed by atoms with Crippen LogP contribution in [0.2, 0.25) is 0 Å². The number of fused-ring (bicyclic) bond motifs is 1. The first-order chi connectivity index (χ1) is 11.4. The molecule has 1 aliphatic rings. The lowest BCUT2D eigenvalue weighted by atomic mass is 9.88. The number of nitrogens with one attached hydrogen (secondary N) is 1. The monoisotopic (exact) mass is 410 g/mol. The number of thiophene rings is 1. The summed E-state index contributed by atoms with van der Waals surface area (Å²) >= 11 is 4.52. The van der Waals surface area contributed by atoms with Gasteiger partial charge in [0.05, 0.1) is 11.1 Å². The number of amides is 2. The molecule has 0 unspecified atom stereocenters. The Morgan fingerprint density at radius 3 is 2.83 bits per heavy atom. The second-order valence-corrected chi connectivity index (χ2v) is 8.02. The van der Waals surface area contributed by atoms with Crippen LogP contribution in [0.25, 0.3) is 0 Å². The third kappa shape index (κ3) is 3.23. The molecule has 0 fully saturated rings. The van der Waals surface area contributed by atoms with Gasteiger partial charge in [-0.15, -0.1) is 11.3 Å². The van der Waals surface area contributed by atoms with Crippen molar-refractivity contribution in [3.8, 4) is 0 Å². The molecule has 1 aliphatic carbocycles. The fourth-order valence-electron chi connectivity index (χ4n) is 2.94. The molecule has 1 atom stereocenters. The molecule has 3 N–H and O–H groups in total. The second kappa shape index (κ2) is 6.64. The fraction of sp³-hybridized carbons (Fsp3) is 0.294. The molecule has 1 aromatic carbocycles. The average Bonchev–Trinajstić information content (AvgIpc) is 2.83. The molecule has 4 nitrogen and oxygen atoms in total. The zero-order valence-electron chi connectivity index (χ0n) is 13.0. The highest BCUT2D eigenvalue weighted by Crippen LogP contribution is 2.39. The van der Waals surface area contributed by atoms with Gasteiger partial charge in [0.1, 0.15) is 10.8 Å². The van der Waals surface area contributed by atoms with Gasteiger partial charge in [0.2, 0.25) is 0 Å². The highest BCUT2D eigenvalue weighted by molar-refractivity contribution is 9.10. The van der Waals surface area contributed by atoms with Crippen molar-refractivity contribution >= 4 is 44.1 Å². The highest BCUT2D eigenvalue weighted by Gasteiger charge is 2.27. The van der Waals surface area contributed by atoms with Gasteiger partial charge in [-0.1, -0.05) is 22.9 Å². The fourth-order valence-corrected chi connectivity index (χ4v) is 4.69. The zero-order chi connectivity index (χ0) is 17.4. The molecule has 1 heterocycles. The maximum Gasteiger partial charge on any atom is 0.259 e.